The first-order valence-corrected chi connectivity index (χ1v) is 18.4. The number of phosphoric ester groups is 1. The highest BCUT2D eigenvalue weighted by Gasteiger charge is 2.26. The van der Waals surface area contributed by atoms with Crippen molar-refractivity contribution in [2.75, 3.05) is 19.8 Å². The third-order valence-corrected chi connectivity index (χ3v) is 7.81. The van der Waals surface area contributed by atoms with Crippen LogP contribution in [0, 0.1) is 0 Å². The summed E-state index contributed by atoms with van der Waals surface area (Å²) < 4.78 is 21.9. The van der Waals surface area contributed by atoms with Gasteiger partial charge in [0.1, 0.15) is 0 Å². The number of phosphoric acid groups is 1. The molecular formula is C35H63N2O6P. The molecule has 0 saturated carbocycles. The second-order valence-corrected chi connectivity index (χ2v) is 12.4. The normalized spacial score (nSPS) is 15.3. The summed E-state index contributed by atoms with van der Waals surface area (Å²) in [5.41, 5.74) is 5.33. The van der Waals surface area contributed by atoms with Crippen molar-refractivity contribution in [3.05, 3.63) is 60.8 Å². The zero-order chi connectivity index (χ0) is 32.6. The van der Waals surface area contributed by atoms with Gasteiger partial charge in [0, 0.05) is 13.0 Å². The molecule has 0 aliphatic rings. The molecule has 0 aromatic rings. The number of aliphatic hydroxyl groups is 1. The van der Waals surface area contributed by atoms with Crippen molar-refractivity contribution >= 4 is 13.7 Å². The van der Waals surface area contributed by atoms with Crippen molar-refractivity contribution in [1.29, 1.82) is 0 Å². The van der Waals surface area contributed by atoms with Crippen molar-refractivity contribution in [2.24, 2.45) is 5.73 Å². The number of hydrogen-bond donors (Lipinski definition) is 4. The van der Waals surface area contributed by atoms with Crippen LogP contribution in [0.1, 0.15) is 123 Å². The first-order chi connectivity index (χ1) is 21.4. The fourth-order valence-electron chi connectivity index (χ4n) is 4.28. The summed E-state index contributed by atoms with van der Waals surface area (Å²) in [6, 6.07) is -0.885. The number of unbranched alkanes of at least 4 members (excludes halogenated alkanes) is 10. The first-order valence-electron chi connectivity index (χ1n) is 16.9. The molecular weight excluding hydrogens is 575 g/mol. The Morgan fingerprint density at radius 1 is 0.773 bits per heavy atom. The van der Waals surface area contributed by atoms with Crippen LogP contribution in [0.3, 0.4) is 0 Å². The molecule has 0 aromatic carbocycles. The van der Waals surface area contributed by atoms with E-state index in [0.717, 1.165) is 77.0 Å². The van der Waals surface area contributed by atoms with Crippen molar-refractivity contribution in [3.8, 4) is 0 Å². The Kier molecular flexibility index (Phi) is 29.9. The minimum Gasteiger partial charge on any atom is -0.387 e. The Morgan fingerprint density at radius 3 is 2.02 bits per heavy atom. The van der Waals surface area contributed by atoms with Gasteiger partial charge in [-0.25, -0.2) is 4.57 Å². The SMILES string of the molecule is CC/C=C\C/C=C\C/C=C\CCCCCCCC(=O)NC(COP(=O)(O)OCCN)C(O)/C=C/CC/C=C/CCCCCC. The maximum atomic E-state index is 12.6. The lowest BCUT2D eigenvalue weighted by molar-refractivity contribution is -0.123. The van der Waals surface area contributed by atoms with Gasteiger partial charge in [0.2, 0.25) is 5.91 Å². The number of aliphatic hydroxyl groups excluding tert-OH is 1. The number of allylic oxidation sites excluding steroid dienone is 9. The largest absolute Gasteiger partial charge is 0.472 e. The number of carbonyl (C=O) groups is 1. The van der Waals surface area contributed by atoms with Gasteiger partial charge < -0.3 is 21.1 Å². The van der Waals surface area contributed by atoms with E-state index in [1.165, 1.54) is 25.7 Å². The zero-order valence-electron chi connectivity index (χ0n) is 27.6. The summed E-state index contributed by atoms with van der Waals surface area (Å²) in [6.07, 6.45) is 37.0. The van der Waals surface area contributed by atoms with Gasteiger partial charge in [0.15, 0.2) is 0 Å². The van der Waals surface area contributed by atoms with Crippen LogP contribution in [0.15, 0.2) is 60.8 Å². The summed E-state index contributed by atoms with van der Waals surface area (Å²) in [5.74, 6) is -0.228. The van der Waals surface area contributed by atoms with Crippen molar-refractivity contribution in [2.45, 2.75) is 135 Å². The maximum Gasteiger partial charge on any atom is 0.472 e. The predicted molar refractivity (Wildman–Crippen MR) is 184 cm³/mol. The molecule has 8 nitrogen and oxygen atoms in total. The predicted octanol–water partition coefficient (Wildman–Crippen LogP) is 8.38. The molecule has 0 saturated heterocycles. The average Bonchev–Trinajstić information content (AvgIpc) is 3.01. The Labute approximate surface area is 268 Å². The second kappa shape index (κ2) is 31.2. The average molecular weight is 639 g/mol. The Balaban J connectivity index is 4.45. The fraction of sp³-hybridized carbons (Fsp3) is 0.686. The molecule has 1 amide bonds. The van der Waals surface area contributed by atoms with Crippen LogP contribution in [-0.4, -0.2) is 47.8 Å². The van der Waals surface area contributed by atoms with Crippen molar-refractivity contribution in [3.63, 3.8) is 0 Å². The van der Waals surface area contributed by atoms with Crippen molar-refractivity contribution in [1.82, 2.24) is 5.32 Å². The molecule has 5 N–H and O–H groups in total. The number of hydrogen-bond acceptors (Lipinski definition) is 6. The number of carbonyl (C=O) groups excluding carboxylic acids is 1. The summed E-state index contributed by atoms with van der Waals surface area (Å²) in [6.45, 7) is 3.90. The number of rotatable bonds is 30. The molecule has 0 aliphatic carbocycles. The Morgan fingerprint density at radius 2 is 1.34 bits per heavy atom. The molecule has 0 spiro atoms. The van der Waals surface area contributed by atoms with Crippen LogP contribution in [0.2, 0.25) is 0 Å². The summed E-state index contributed by atoms with van der Waals surface area (Å²) in [4.78, 5) is 22.5. The fourth-order valence-corrected chi connectivity index (χ4v) is 5.04. The lowest BCUT2D eigenvalue weighted by Crippen LogP contribution is -2.45. The van der Waals surface area contributed by atoms with Gasteiger partial charge in [-0.15, -0.1) is 0 Å². The molecule has 0 fully saturated rings. The van der Waals surface area contributed by atoms with E-state index >= 15 is 0 Å². The molecule has 44 heavy (non-hydrogen) atoms. The van der Waals surface area contributed by atoms with Gasteiger partial charge in [0.25, 0.3) is 0 Å². The van der Waals surface area contributed by atoms with Gasteiger partial charge in [-0.1, -0.05) is 113 Å². The van der Waals surface area contributed by atoms with E-state index in [-0.39, 0.29) is 25.7 Å². The molecule has 0 aromatic heterocycles. The van der Waals surface area contributed by atoms with E-state index < -0.39 is 20.0 Å². The number of nitrogens with two attached hydrogens (primary N) is 1. The minimum atomic E-state index is -4.34. The molecule has 254 valence electrons. The van der Waals surface area contributed by atoms with Crippen LogP contribution < -0.4 is 11.1 Å². The monoisotopic (exact) mass is 638 g/mol. The highest BCUT2D eigenvalue weighted by atomic mass is 31.2. The topological polar surface area (TPSA) is 131 Å². The van der Waals surface area contributed by atoms with E-state index in [9.17, 15) is 19.4 Å². The molecule has 0 heterocycles. The van der Waals surface area contributed by atoms with E-state index in [1.807, 2.05) is 6.08 Å². The molecule has 0 bridgehead atoms. The van der Waals surface area contributed by atoms with E-state index in [2.05, 4.69) is 67.8 Å². The third kappa shape index (κ3) is 28.9. The first kappa shape index (κ1) is 42.2. The molecule has 0 radical (unpaired) electrons. The number of nitrogens with one attached hydrogen (secondary N) is 1. The van der Waals surface area contributed by atoms with E-state index in [1.54, 1.807) is 6.08 Å². The van der Waals surface area contributed by atoms with Gasteiger partial charge in [-0.3, -0.25) is 13.8 Å². The van der Waals surface area contributed by atoms with Crippen molar-refractivity contribution < 1.29 is 28.4 Å². The number of amides is 1. The van der Waals surface area contributed by atoms with Crippen LogP contribution in [0.25, 0.3) is 0 Å². The second-order valence-electron chi connectivity index (χ2n) is 11.0. The highest BCUT2D eigenvalue weighted by molar-refractivity contribution is 7.47. The Bertz CT molecular complexity index is 871. The standard InChI is InChI=1S/C35H63N2O6P/c1-3-5-7-9-11-13-15-16-17-18-19-21-23-25-27-29-35(39)37-33(32-43-44(40,41)42-31-30-36)34(38)28-26-24-22-20-14-12-10-8-6-4-2/h5,7,11,13-14,16-17,20,26,28,33-34,38H,3-4,6,8-10,12,15,18-19,21-25,27,29-32,36H2,1-2H3,(H,37,39)(H,40,41)/b7-5-,13-11-,17-16-,20-14+,28-26+. The van der Waals surface area contributed by atoms with E-state index in [0.29, 0.717) is 6.42 Å². The van der Waals surface area contributed by atoms with Gasteiger partial charge >= 0.3 is 7.82 Å². The quantitative estimate of drug-likeness (QED) is 0.0353. The smallest absolute Gasteiger partial charge is 0.387 e. The molecule has 3 unspecified atom stereocenters. The molecule has 9 heteroatoms. The lowest BCUT2D eigenvalue weighted by atomic mass is 10.1. The zero-order valence-corrected chi connectivity index (χ0v) is 28.5. The molecule has 0 rings (SSSR count). The third-order valence-electron chi connectivity index (χ3n) is 6.83. The van der Waals surface area contributed by atoms with Crippen LogP contribution in [0.4, 0.5) is 0 Å². The Hall–Kier alpha value is -1.80. The van der Waals surface area contributed by atoms with Gasteiger partial charge in [-0.2, -0.15) is 0 Å². The molecule has 0 aliphatic heterocycles. The molecule has 3 atom stereocenters. The van der Waals surface area contributed by atoms with Crippen LogP contribution in [0.5, 0.6) is 0 Å². The van der Waals surface area contributed by atoms with Crippen LogP contribution in [-0.2, 0) is 18.4 Å². The van der Waals surface area contributed by atoms with Gasteiger partial charge in [-0.05, 0) is 64.2 Å². The summed E-state index contributed by atoms with van der Waals surface area (Å²) in [5, 5.41) is 13.5. The maximum absolute atomic E-state index is 12.6. The lowest BCUT2D eigenvalue weighted by Gasteiger charge is -2.23. The highest BCUT2D eigenvalue weighted by Crippen LogP contribution is 2.43. The van der Waals surface area contributed by atoms with Gasteiger partial charge in [0.05, 0.1) is 25.4 Å². The minimum absolute atomic E-state index is 0.0678. The van der Waals surface area contributed by atoms with Crippen LogP contribution >= 0.6 is 7.82 Å². The van der Waals surface area contributed by atoms with E-state index in [4.69, 9.17) is 14.8 Å². The summed E-state index contributed by atoms with van der Waals surface area (Å²) in [7, 11) is -4.34. The summed E-state index contributed by atoms with van der Waals surface area (Å²) >= 11 is 0.